The van der Waals surface area contributed by atoms with E-state index < -0.39 is 22.5 Å². The van der Waals surface area contributed by atoms with Crippen LogP contribution in [0.1, 0.15) is 10.4 Å². The Hall–Kier alpha value is -3.60. The Morgan fingerprint density at radius 2 is 2.04 bits per heavy atom. The third-order valence-electron chi connectivity index (χ3n) is 3.51. The lowest BCUT2D eigenvalue weighted by molar-refractivity contribution is -0.384. The summed E-state index contributed by atoms with van der Waals surface area (Å²) in [5.41, 5.74) is 0.863. The van der Waals surface area contributed by atoms with Crippen LogP contribution in [0.25, 0.3) is 11.0 Å². The maximum Gasteiger partial charge on any atom is 0.339 e. The number of nitrogens with zero attached hydrogens (tertiary/aromatic N) is 2. The third-order valence-corrected chi connectivity index (χ3v) is 4.38. The van der Waals surface area contributed by atoms with E-state index in [1.165, 1.54) is 30.3 Å². The Balaban J connectivity index is 1.65. The number of anilines is 1. The van der Waals surface area contributed by atoms with Crippen molar-refractivity contribution in [1.29, 1.82) is 0 Å². The topological polar surface area (TPSA) is 158 Å². The summed E-state index contributed by atoms with van der Waals surface area (Å²) < 4.78 is 0. The number of benzene rings is 2. The molecular formula is C16H12N4O6S. The molecule has 0 saturated heterocycles. The van der Waals surface area contributed by atoms with Gasteiger partial charge >= 0.3 is 5.97 Å². The lowest BCUT2D eigenvalue weighted by atomic mass is 10.2. The van der Waals surface area contributed by atoms with Crippen molar-refractivity contribution in [2.75, 3.05) is 11.1 Å². The molecule has 0 aliphatic carbocycles. The minimum Gasteiger partial charge on any atom is -0.507 e. The Labute approximate surface area is 155 Å². The largest absolute Gasteiger partial charge is 0.507 e. The first kappa shape index (κ1) is 18.2. The molecule has 0 unspecified atom stereocenters. The maximum absolute atomic E-state index is 12.0. The number of nitro groups is 1. The van der Waals surface area contributed by atoms with E-state index in [4.69, 9.17) is 5.11 Å². The Bertz CT molecular complexity index is 1060. The van der Waals surface area contributed by atoms with E-state index in [1.807, 2.05) is 0 Å². The van der Waals surface area contributed by atoms with E-state index in [9.17, 15) is 24.8 Å². The number of nitrogens with one attached hydrogen (secondary N) is 2. The molecule has 4 N–H and O–H groups in total. The van der Waals surface area contributed by atoms with Crippen LogP contribution in [0, 0.1) is 10.1 Å². The number of rotatable bonds is 6. The highest BCUT2D eigenvalue weighted by molar-refractivity contribution is 7.99. The number of carboxylic acid groups (broad SMARTS) is 1. The summed E-state index contributed by atoms with van der Waals surface area (Å²) in [7, 11) is 0. The summed E-state index contributed by atoms with van der Waals surface area (Å²) in [6.45, 7) is 0. The van der Waals surface area contributed by atoms with Gasteiger partial charge in [-0.2, -0.15) is 0 Å². The molecule has 0 spiro atoms. The number of carboxylic acids is 1. The maximum atomic E-state index is 12.0. The quantitative estimate of drug-likeness (QED) is 0.217. The van der Waals surface area contributed by atoms with Crippen LogP contribution in [-0.4, -0.2) is 42.7 Å². The average molecular weight is 388 g/mol. The van der Waals surface area contributed by atoms with E-state index in [0.717, 1.165) is 17.8 Å². The highest BCUT2D eigenvalue weighted by Gasteiger charge is 2.13. The Morgan fingerprint density at radius 1 is 1.26 bits per heavy atom. The zero-order chi connectivity index (χ0) is 19.6. The molecule has 0 radical (unpaired) electrons. The molecule has 138 valence electrons. The number of imidazole rings is 1. The van der Waals surface area contributed by atoms with Crippen LogP contribution in [0.15, 0.2) is 41.6 Å². The molecule has 10 nitrogen and oxygen atoms in total. The van der Waals surface area contributed by atoms with Crippen molar-refractivity contribution in [1.82, 2.24) is 9.97 Å². The minimum atomic E-state index is -1.31. The van der Waals surface area contributed by atoms with Crippen molar-refractivity contribution in [2.24, 2.45) is 0 Å². The molecule has 1 heterocycles. The van der Waals surface area contributed by atoms with Crippen LogP contribution < -0.4 is 5.32 Å². The zero-order valence-corrected chi connectivity index (χ0v) is 14.3. The molecule has 27 heavy (non-hydrogen) atoms. The number of thioether (sulfide) groups is 1. The monoisotopic (exact) mass is 388 g/mol. The highest BCUT2D eigenvalue weighted by atomic mass is 32.2. The molecule has 1 aromatic heterocycles. The highest BCUT2D eigenvalue weighted by Crippen LogP contribution is 2.24. The fourth-order valence-electron chi connectivity index (χ4n) is 2.27. The van der Waals surface area contributed by atoms with Crippen LogP contribution in [0.5, 0.6) is 5.75 Å². The molecule has 0 saturated carbocycles. The predicted octanol–water partition coefficient (Wildman–Crippen LogP) is 2.61. The fraction of sp³-hybridized carbons (Fsp3) is 0.0625. The number of H-pyrrole nitrogens is 1. The van der Waals surface area contributed by atoms with Gasteiger partial charge in [0.25, 0.3) is 5.69 Å². The van der Waals surface area contributed by atoms with Crippen LogP contribution in [0.3, 0.4) is 0 Å². The minimum absolute atomic E-state index is 0.0226. The Morgan fingerprint density at radius 3 is 2.74 bits per heavy atom. The SMILES string of the molecule is O=C(CSc1nc2ccc([N+](=O)[O-])cc2[nH]1)Nc1ccc(O)c(C(=O)O)c1. The number of phenols is 1. The van der Waals surface area contributed by atoms with Gasteiger partial charge < -0.3 is 20.5 Å². The smallest absolute Gasteiger partial charge is 0.339 e. The molecule has 0 atom stereocenters. The second-order valence-corrected chi connectivity index (χ2v) is 6.34. The van der Waals surface area contributed by atoms with Gasteiger partial charge in [0, 0.05) is 17.8 Å². The molecule has 1 amide bonds. The van der Waals surface area contributed by atoms with Gasteiger partial charge in [-0.25, -0.2) is 9.78 Å². The number of aromatic nitrogens is 2. The summed E-state index contributed by atoms with van der Waals surface area (Å²) >= 11 is 1.09. The first-order valence-corrected chi connectivity index (χ1v) is 8.45. The second-order valence-electron chi connectivity index (χ2n) is 5.37. The zero-order valence-electron chi connectivity index (χ0n) is 13.5. The predicted molar refractivity (Wildman–Crippen MR) is 97.2 cm³/mol. The first-order chi connectivity index (χ1) is 12.8. The van der Waals surface area contributed by atoms with Crippen LogP contribution in [0.4, 0.5) is 11.4 Å². The van der Waals surface area contributed by atoms with Crippen LogP contribution in [-0.2, 0) is 4.79 Å². The van der Waals surface area contributed by atoms with Crippen molar-refractivity contribution >= 4 is 46.0 Å². The number of nitro benzene ring substituents is 1. The van der Waals surface area contributed by atoms with Crippen LogP contribution in [0.2, 0.25) is 0 Å². The van der Waals surface area contributed by atoms with E-state index in [1.54, 1.807) is 0 Å². The van der Waals surface area contributed by atoms with Gasteiger partial charge in [-0.1, -0.05) is 11.8 Å². The van der Waals surface area contributed by atoms with Gasteiger partial charge in [-0.3, -0.25) is 14.9 Å². The van der Waals surface area contributed by atoms with Gasteiger partial charge in [-0.15, -0.1) is 0 Å². The summed E-state index contributed by atoms with van der Waals surface area (Å²) in [6, 6.07) is 7.92. The van der Waals surface area contributed by atoms with Gasteiger partial charge in [0.05, 0.1) is 21.7 Å². The summed E-state index contributed by atoms with van der Waals surface area (Å²) in [4.78, 5) is 40.4. The average Bonchev–Trinajstić information content (AvgIpc) is 3.03. The number of aromatic carboxylic acids is 1. The van der Waals surface area contributed by atoms with E-state index in [2.05, 4.69) is 15.3 Å². The summed E-state index contributed by atoms with van der Waals surface area (Å²) in [5, 5.41) is 32.2. The number of aromatic amines is 1. The number of amides is 1. The molecule has 3 aromatic rings. The molecule has 0 bridgehead atoms. The second kappa shape index (κ2) is 7.33. The molecule has 3 rings (SSSR count). The van der Waals surface area contributed by atoms with Gasteiger partial charge in [0.2, 0.25) is 5.91 Å². The molecule has 0 aliphatic heterocycles. The fourth-order valence-corrected chi connectivity index (χ4v) is 2.96. The number of non-ortho nitro benzene ring substituents is 1. The molecular weight excluding hydrogens is 376 g/mol. The molecule has 11 heteroatoms. The lowest BCUT2D eigenvalue weighted by Gasteiger charge is -2.06. The number of hydrogen-bond acceptors (Lipinski definition) is 7. The van der Waals surface area contributed by atoms with Crippen molar-refractivity contribution in [2.45, 2.75) is 5.16 Å². The summed E-state index contributed by atoms with van der Waals surface area (Å²) in [6.07, 6.45) is 0. The van der Waals surface area contributed by atoms with E-state index >= 15 is 0 Å². The van der Waals surface area contributed by atoms with Crippen molar-refractivity contribution in [3.05, 3.63) is 52.1 Å². The van der Waals surface area contributed by atoms with Crippen LogP contribution >= 0.6 is 11.8 Å². The van der Waals surface area contributed by atoms with E-state index in [-0.39, 0.29) is 22.7 Å². The number of carbonyl (C=O) groups is 2. The number of aromatic hydroxyl groups is 1. The first-order valence-electron chi connectivity index (χ1n) is 7.46. The standard InChI is InChI=1S/C16H12N4O6S/c21-13-4-1-8(5-10(13)15(23)24)17-14(22)7-27-16-18-11-3-2-9(20(25)26)6-12(11)19-16/h1-6,21H,7H2,(H,17,22)(H,18,19)(H,23,24). The Kier molecular flexibility index (Phi) is 4.94. The summed E-state index contributed by atoms with van der Waals surface area (Å²) in [5.74, 6) is -2.14. The number of fused-ring (bicyclic) bond motifs is 1. The van der Waals surface area contributed by atoms with Crippen molar-refractivity contribution < 1.29 is 24.7 Å². The molecule has 0 fully saturated rings. The third kappa shape index (κ3) is 4.15. The van der Waals surface area contributed by atoms with Crippen molar-refractivity contribution in [3.63, 3.8) is 0 Å². The number of carbonyl (C=O) groups excluding carboxylic acids is 1. The normalized spacial score (nSPS) is 10.7. The molecule has 0 aliphatic rings. The van der Waals surface area contributed by atoms with Gasteiger partial charge in [0.15, 0.2) is 5.16 Å². The van der Waals surface area contributed by atoms with Gasteiger partial charge in [0.1, 0.15) is 11.3 Å². The lowest BCUT2D eigenvalue weighted by Crippen LogP contribution is -2.14. The number of hydrogen-bond donors (Lipinski definition) is 4. The molecule has 2 aromatic carbocycles. The van der Waals surface area contributed by atoms with Gasteiger partial charge in [-0.05, 0) is 24.3 Å². The van der Waals surface area contributed by atoms with E-state index in [0.29, 0.717) is 16.2 Å². The van der Waals surface area contributed by atoms with Crippen molar-refractivity contribution in [3.8, 4) is 5.75 Å².